The van der Waals surface area contributed by atoms with Gasteiger partial charge in [0.25, 0.3) is 0 Å². The lowest BCUT2D eigenvalue weighted by Crippen LogP contribution is -2.49. The quantitative estimate of drug-likeness (QED) is 0.568. The van der Waals surface area contributed by atoms with Crippen LogP contribution in [0.4, 0.5) is 9.59 Å². The minimum Gasteiger partial charge on any atom is -0.444 e. The predicted octanol–water partition coefficient (Wildman–Crippen LogP) is 5.59. The zero-order valence-electron chi connectivity index (χ0n) is 18.8. The third-order valence-corrected chi connectivity index (χ3v) is 6.42. The van der Waals surface area contributed by atoms with Gasteiger partial charge in [-0.1, -0.05) is 28.1 Å². The molecule has 1 aromatic carbocycles. The molecule has 166 valence electrons. The number of fused-ring (bicyclic) bond motifs is 1. The highest BCUT2D eigenvalue weighted by molar-refractivity contribution is 9.10. The molecule has 7 heteroatoms. The average Bonchev–Trinajstić information content (AvgIpc) is 2.87. The van der Waals surface area contributed by atoms with Crippen molar-refractivity contribution >= 4 is 28.1 Å². The minimum atomic E-state index is -0.559. The third-order valence-electron chi connectivity index (χ3n) is 5.68. The maximum Gasteiger partial charge on any atom is 0.410 e. The Bertz CT molecular complexity index is 817. The molecular formula is C23H33BrN2O4. The van der Waals surface area contributed by atoms with Crippen molar-refractivity contribution in [2.75, 3.05) is 13.1 Å². The first-order valence-corrected chi connectivity index (χ1v) is 11.3. The van der Waals surface area contributed by atoms with Crippen molar-refractivity contribution < 1.29 is 19.1 Å². The molecule has 1 spiro atoms. The Labute approximate surface area is 187 Å². The second-order valence-corrected chi connectivity index (χ2v) is 11.2. The molecule has 30 heavy (non-hydrogen) atoms. The number of halogens is 1. The number of nitrogens with zero attached hydrogens (tertiary/aromatic N) is 1. The Kier molecular flexibility index (Phi) is 6.16. The molecule has 0 saturated carbocycles. The summed E-state index contributed by atoms with van der Waals surface area (Å²) >= 11 is 3.68. The number of alkyl carbamates (subject to hydrolysis) is 1. The molecule has 1 atom stereocenters. The zero-order valence-corrected chi connectivity index (χ0v) is 20.4. The van der Waals surface area contributed by atoms with Crippen LogP contribution in [-0.2, 0) is 15.9 Å². The van der Waals surface area contributed by atoms with Gasteiger partial charge in [-0.15, -0.1) is 0 Å². The lowest BCUT2D eigenvalue weighted by atomic mass is 9.73. The van der Waals surface area contributed by atoms with E-state index in [9.17, 15) is 9.59 Å². The van der Waals surface area contributed by atoms with Crippen molar-refractivity contribution in [1.29, 1.82) is 0 Å². The van der Waals surface area contributed by atoms with E-state index in [1.807, 2.05) is 53.7 Å². The molecule has 1 aromatic rings. The molecule has 1 fully saturated rings. The van der Waals surface area contributed by atoms with Crippen molar-refractivity contribution in [3.05, 3.63) is 33.8 Å². The molecule has 1 aliphatic heterocycles. The Morgan fingerprint density at radius 1 is 1.07 bits per heavy atom. The molecule has 1 heterocycles. The SMILES string of the molecule is CC(C)(C)OC(=O)NC1c2cccc(Br)c2CC12CCN(C(=O)OC(C)(C)C)CC2. The van der Waals surface area contributed by atoms with Crippen molar-refractivity contribution in [3.63, 3.8) is 0 Å². The van der Waals surface area contributed by atoms with Crippen LogP contribution in [0.5, 0.6) is 0 Å². The number of piperidine rings is 1. The van der Waals surface area contributed by atoms with E-state index < -0.39 is 17.3 Å². The fourth-order valence-corrected chi connectivity index (χ4v) is 4.92. The maximum absolute atomic E-state index is 12.6. The molecule has 1 unspecified atom stereocenters. The van der Waals surface area contributed by atoms with E-state index in [1.54, 1.807) is 4.90 Å². The fourth-order valence-electron chi connectivity index (χ4n) is 4.40. The second kappa shape index (κ2) is 8.06. The van der Waals surface area contributed by atoms with Crippen LogP contribution in [0, 0.1) is 5.41 Å². The largest absolute Gasteiger partial charge is 0.444 e. The maximum atomic E-state index is 12.6. The Hall–Kier alpha value is -1.76. The van der Waals surface area contributed by atoms with Gasteiger partial charge in [0.1, 0.15) is 11.2 Å². The van der Waals surface area contributed by atoms with Crippen LogP contribution in [-0.4, -0.2) is 41.4 Å². The highest BCUT2D eigenvalue weighted by Crippen LogP contribution is 2.53. The first kappa shape index (κ1) is 22.9. The van der Waals surface area contributed by atoms with Gasteiger partial charge < -0.3 is 19.7 Å². The predicted molar refractivity (Wildman–Crippen MR) is 119 cm³/mol. The minimum absolute atomic E-state index is 0.151. The summed E-state index contributed by atoms with van der Waals surface area (Å²) in [6.45, 7) is 12.4. The van der Waals surface area contributed by atoms with Gasteiger partial charge in [0, 0.05) is 23.0 Å². The number of carbonyl (C=O) groups excluding carboxylic acids is 2. The normalized spacial score (nSPS) is 20.6. The van der Waals surface area contributed by atoms with Crippen molar-refractivity contribution in [3.8, 4) is 0 Å². The van der Waals surface area contributed by atoms with Crippen LogP contribution >= 0.6 is 15.9 Å². The zero-order chi connectivity index (χ0) is 22.3. The van der Waals surface area contributed by atoms with Crippen LogP contribution in [0.15, 0.2) is 22.7 Å². The van der Waals surface area contributed by atoms with Crippen LogP contribution in [0.25, 0.3) is 0 Å². The molecule has 6 nitrogen and oxygen atoms in total. The molecule has 1 saturated heterocycles. The fraction of sp³-hybridized carbons (Fsp3) is 0.652. The summed E-state index contributed by atoms with van der Waals surface area (Å²) in [7, 11) is 0. The van der Waals surface area contributed by atoms with Crippen LogP contribution in [0.1, 0.15) is 71.6 Å². The molecule has 2 amide bonds. The van der Waals surface area contributed by atoms with E-state index in [0.717, 1.165) is 29.3 Å². The molecule has 1 aliphatic carbocycles. The summed E-state index contributed by atoms with van der Waals surface area (Å²) in [5.74, 6) is 0. The van der Waals surface area contributed by atoms with Crippen LogP contribution < -0.4 is 5.32 Å². The Morgan fingerprint density at radius 2 is 1.67 bits per heavy atom. The second-order valence-electron chi connectivity index (χ2n) is 10.4. The third kappa shape index (κ3) is 5.10. The number of carbonyl (C=O) groups is 2. The van der Waals surface area contributed by atoms with Gasteiger partial charge in [-0.3, -0.25) is 0 Å². The number of ether oxygens (including phenoxy) is 2. The van der Waals surface area contributed by atoms with Gasteiger partial charge in [-0.2, -0.15) is 0 Å². The Balaban J connectivity index is 1.80. The lowest BCUT2D eigenvalue weighted by Gasteiger charge is -2.43. The first-order valence-electron chi connectivity index (χ1n) is 10.5. The number of rotatable bonds is 1. The topological polar surface area (TPSA) is 67.9 Å². The molecule has 2 aliphatic rings. The number of benzene rings is 1. The number of nitrogens with one attached hydrogen (secondary N) is 1. The van der Waals surface area contributed by atoms with E-state index in [-0.39, 0.29) is 17.6 Å². The summed E-state index contributed by atoms with van der Waals surface area (Å²) in [6.07, 6.45) is 1.74. The van der Waals surface area contributed by atoms with E-state index in [1.165, 1.54) is 5.56 Å². The highest BCUT2D eigenvalue weighted by atomic mass is 79.9. The van der Waals surface area contributed by atoms with Crippen molar-refractivity contribution in [2.45, 2.75) is 78.0 Å². The number of hydrogen-bond donors (Lipinski definition) is 1. The molecule has 0 bridgehead atoms. The van der Waals surface area contributed by atoms with Crippen LogP contribution in [0.2, 0.25) is 0 Å². The Morgan fingerprint density at radius 3 is 2.23 bits per heavy atom. The van der Waals surface area contributed by atoms with Crippen molar-refractivity contribution in [2.24, 2.45) is 5.41 Å². The van der Waals surface area contributed by atoms with Gasteiger partial charge in [0.15, 0.2) is 0 Å². The molecule has 0 radical (unpaired) electrons. The first-order chi connectivity index (χ1) is 13.8. The number of hydrogen-bond acceptors (Lipinski definition) is 4. The summed E-state index contributed by atoms with van der Waals surface area (Å²) in [5.41, 5.74) is 1.13. The molecule has 3 rings (SSSR count). The summed E-state index contributed by atoms with van der Waals surface area (Å²) < 4.78 is 12.1. The summed E-state index contributed by atoms with van der Waals surface area (Å²) in [5, 5.41) is 3.14. The van der Waals surface area contributed by atoms with Gasteiger partial charge >= 0.3 is 12.2 Å². The molecule has 1 N–H and O–H groups in total. The van der Waals surface area contributed by atoms with Gasteiger partial charge in [0.2, 0.25) is 0 Å². The standard InChI is InChI=1S/C23H33BrN2O4/c1-21(2,3)29-19(27)25-18-15-8-7-9-17(24)16(15)14-23(18)10-12-26(13-11-23)20(28)30-22(4,5)6/h7-9,18H,10-14H2,1-6H3,(H,25,27). The van der Waals surface area contributed by atoms with Gasteiger partial charge in [0.05, 0.1) is 6.04 Å². The molecular weight excluding hydrogens is 448 g/mol. The van der Waals surface area contributed by atoms with Gasteiger partial charge in [-0.05, 0) is 78.0 Å². The van der Waals surface area contributed by atoms with E-state index >= 15 is 0 Å². The van der Waals surface area contributed by atoms with Crippen LogP contribution in [0.3, 0.4) is 0 Å². The van der Waals surface area contributed by atoms with Crippen molar-refractivity contribution in [1.82, 2.24) is 10.2 Å². The number of amides is 2. The lowest BCUT2D eigenvalue weighted by molar-refractivity contribution is 0.00331. The van der Waals surface area contributed by atoms with E-state index in [0.29, 0.717) is 13.1 Å². The van der Waals surface area contributed by atoms with Gasteiger partial charge in [-0.25, -0.2) is 9.59 Å². The van der Waals surface area contributed by atoms with E-state index in [2.05, 4.69) is 27.3 Å². The monoisotopic (exact) mass is 480 g/mol. The number of likely N-dealkylation sites (tertiary alicyclic amines) is 1. The highest BCUT2D eigenvalue weighted by Gasteiger charge is 2.50. The summed E-state index contributed by atoms with van der Waals surface area (Å²) in [4.78, 5) is 26.9. The average molecular weight is 481 g/mol. The summed E-state index contributed by atoms with van der Waals surface area (Å²) in [6, 6.07) is 5.97. The smallest absolute Gasteiger partial charge is 0.410 e. The van der Waals surface area contributed by atoms with E-state index in [4.69, 9.17) is 9.47 Å². The molecule has 0 aromatic heterocycles.